The summed E-state index contributed by atoms with van der Waals surface area (Å²) >= 11 is 1.83. The molecule has 1 fully saturated rings. The van der Waals surface area contributed by atoms with Crippen molar-refractivity contribution in [2.45, 2.75) is 23.3 Å². The van der Waals surface area contributed by atoms with Crippen LogP contribution in [0.5, 0.6) is 0 Å². The van der Waals surface area contributed by atoms with Gasteiger partial charge in [-0.05, 0) is 0 Å². The number of halogens is 3. The molecule has 174 valence electrons. The average molecular weight is 528 g/mol. The molecule has 0 saturated carbocycles. The average Bonchev–Trinajstić information content (AvgIpc) is 3.01. The van der Waals surface area contributed by atoms with E-state index in [0.29, 0.717) is 11.1 Å². The van der Waals surface area contributed by atoms with E-state index in [1.54, 1.807) is 42.5 Å². The zero-order chi connectivity index (χ0) is 24.7. The first-order valence-corrected chi connectivity index (χ1v) is 11.2. The molecular weight excluding hydrogens is 508 g/mol. The third-order valence-corrected chi connectivity index (χ3v) is 6.91. The number of benzene rings is 3. The van der Waals surface area contributed by atoms with Crippen molar-refractivity contribution in [3.05, 3.63) is 95.6 Å². The summed E-state index contributed by atoms with van der Waals surface area (Å²) in [7, 11) is 1.28. The molecule has 0 aromatic heterocycles. The van der Waals surface area contributed by atoms with Gasteiger partial charge in [-0.1, -0.05) is 0 Å². The second kappa shape index (κ2) is 8.60. The molecule has 2 unspecified atom stereocenters. The number of nitrogens with one attached hydrogen (secondary N) is 1. The first-order chi connectivity index (χ1) is 16.0. The number of aryl methyl sites for hydroxylation is 1. The summed E-state index contributed by atoms with van der Waals surface area (Å²) in [5.41, 5.74) is 2.19. The number of carbonyl (C=O) groups is 2. The van der Waals surface area contributed by atoms with Crippen molar-refractivity contribution in [3.63, 3.8) is 0 Å². The Morgan fingerprint density at radius 3 is 2.24 bits per heavy atom. The van der Waals surface area contributed by atoms with E-state index in [4.69, 9.17) is 4.74 Å². The first-order valence-electron chi connectivity index (χ1n) is 10.3. The van der Waals surface area contributed by atoms with Crippen LogP contribution in [0.4, 0.5) is 13.2 Å². The summed E-state index contributed by atoms with van der Waals surface area (Å²) in [5, 5.41) is 2.91. The fourth-order valence-electron chi connectivity index (χ4n) is 4.11. The minimum absolute atomic E-state index is 0.491. The molecule has 2 atom stereocenters. The molecule has 4 rings (SSSR count). The molecule has 0 aliphatic carbocycles. The number of alkyl halides is 3. The Labute approximate surface area is 203 Å². The predicted octanol–water partition coefficient (Wildman–Crippen LogP) is 3.85. The van der Waals surface area contributed by atoms with Gasteiger partial charge >= 0.3 is 203 Å². The van der Waals surface area contributed by atoms with Crippen LogP contribution in [0, 0.1) is 6.92 Å². The van der Waals surface area contributed by atoms with Crippen molar-refractivity contribution in [3.8, 4) is 11.1 Å². The van der Waals surface area contributed by atoms with Crippen LogP contribution in [0.1, 0.15) is 16.7 Å². The summed E-state index contributed by atoms with van der Waals surface area (Å²) in [4.78, 5) is 26.4. The molecule has 3 aromatic rings. The molecular formula is C25H20AsF3N2O3. The number of carbonyl (C=O) groups excluding carboxylic acids is 2. The molecule has 3 aromatic carbocycles. The van der Waals surface area contributed by atoms with Crippen LogP contribution >= 0.6 is 0 Å². The number of likely N-dealkylation sites (N-methyl/N-ethyl adjacent to an activating group) is 1. The third-order valence-electron chi connectivity index (χ3n) is 5.86. The molecule has 1 heterocycles. The third kappa shape index (κ3) is 4.01. The molecule has 1 amide bonds. The summed E-state index contributed by atoms with van der Waals surface area (Å²) < 4.78 is 41.7. The summed E-state index contributed by atoms with van der Waals surface area (Å²) in [5.74, 6) is -2.98. The van der Waals surface area contributed by atoms with Gasteiger partial charge in [0, 0.05) is 0 Å². The number of rotatable bonds is 4. The van der Waals surface area contributed by atoms with Crippen molar-refractivity contribution in [2.75, 3.05) is 7.05 Å². The molecule has 5 nitrogen and oxygen atoms in total. The number of hydrogen-bond donors (Lipinski definition) is 1. The van der Waals surface area contributed by atoms with E-state index >= 15 is 0 Å². The Morgan fingerprint density at radius 2 is 1.59 bits per heavy atom. The van der Waals surface area contributed by atoms with Gasteiger partial charge in [0.1, 0.15) is 0 Å². The summed E-state index contributed by atoms with van der Waals surface area (Å²) in [6.07, 6.45) is -5.22. The van der Waals surface area contributed by atoms with E-state index < -0.39 is 28.2 Å². The zero-order valence-corrected chi connectivity index (χ0v) is 20.1. The summed E-state index contributed by atoms with van der Waals surface area (Å²) in [6, 6.07) is 23.6. The van der Waals surface area contributed by atoms with E-state index in [1.165, 1.54) is 7.05 Å². The van der Waals surface area contributed by atoms with Crippen molar-refractivity contribution >= 4 is 28.7 Å². The fourth-order valence-corrected chi connectivity index (χ4v) is 4.83. The monoisotopic (exact) mass is 528 g/mol. The van der Waals surface area contributed by atoms with Crippen LogP contribution in [-0.2, 0) is 19.9 Å². The van der Waals surface area contributed by atoms with Crippen LogP contribution in [0.15, 0.2) is 78.9 Å². The number of amides is 1. The van der Waals surface area contributed by atoms with Crippen molar-refractivity contribution < 1.29 is 27.5 Å². The van der Waals surface area contributed by atoms with Crippen LogP contribution in [-0.4, -0.2) is 51.5 Å². The van der Waals surface area contributed by atoms with E-state index in [-0.39, 0.29) is 0 Å². The molecule has 9 heteroatoms. The Balaban J connectivity index is 1.89. The van der Waals surface area contributed by atoms with E-state index in [2.05, 4.69) is 5.32 Å². The SMILES string of the molecule is Cc1ccccc1-c1cccc(C2(c3ccccc3)NC([As])(OC(=O)C(F)(F)F)N(C)C2=O)c1. The molecule has 0 bridgehead atoms. The molecule has 1 saturated heterocycles. The van der Waals surface area contributed by atoms with Gasteiger partial charge in [0.05, 0.1) is 0 Å². The Morgan fingerprint density at radius 1 is 0.971 bits per heavy atom. The molecule has 1 aliphatic rings. The van der Waals surface area contributed by atoms with Crippen molar-refractivity contribution in [2.24, 2.45) is 0 Å². The van der Waals surface area contributed by atoms with Crippen molar-refractivity contribution in [1.82, 2.24) is 10.2 Å². The van der Waals surface area contributed by atoms with Gasteiger partial charge in [0.15, 0.2) is 0 Å². The van der Waals surface area contributed by atoms with Crippen LogP contribution in [0.2, 0.25) is 0 Å². The van der Waals surface area contributed by atoms with Crippen molar-refractivity contribution in [1.29, 1.82) is 0 Å². The van der Waals surface area contributed by atoms with Gasteiger partial charge in [-0.2, -0.15) is 0 Å². The van der Waals surface area contributed by atoms with E-state index in [1.807, 2.05) is 60.2 Å². The summed E-state index contributed by atoms with van der Waals surface area (Å²) in [6.45, 7) is 1.97. The molecule has 34 heavy (non-hydrogen) atoms. The van der Waals surface area contributed by atoms with Gasteiger partial charge in [-0.15, -0.1) is 0 Å². The normalized spacial score (nSPS) is 22.6. The topological polar surface area (TPSA) is 58.6 Å². The van der Waals surface area contributed by atoms with Crippen LogP contribution in [0.3, 0.4) is 0 Å². The van der Waals surface area contributed by atoms with Gasteiger partial charge in [0.2, 0.25) is 0 Å². The second-order valence-electron chi connectivity index (χ2n) is 8.00. The predicted molar refractivity (Wildman–Crippen MR) is 120 cm³/mol. The van der Waals surface area contributed by atoms with E-state index in [0.717, 1.165) is 21.6 Å². The second-order valence-corrected chi connectivity index (χ2v) is 9.27. The van der Waals surface area contributed by atoms with Gasteiger partial charge in [-0.3, -0.25) is 0 Å². The Kier molecular flexibility index (Phi) is 6.08. The van der Waals surface area contributed by atoms with Gasteiger partial charge in [0.25, 0.3) is 0 Å². The number of esters is 1. The molecule has 0 spiro atoms. The van der Waals surface area contributed by atoms with Gasteiger partial charge < -0.3 is 0 Å². The first kappa shape index (κ1) is 24.0. The number of ether oxygens (including phenoxy) is 1. The number of nitrogens with zero attached hydrogens (tertiary/aromatic N) is 1. The quantitative estimate of drug-likeness (QED) is 0.413. The van der Waals surface area contributed by atoms with Crippen LogP contribution < -0.4 is 5.32 Å². The maximum absolute atomic E-state index is 13.8. The standard InChI is InChI=1S/C25H20AsF3N2O3/c1-16-9-6-7-14-20(16)17-10-8-13-19(15-17)23(18-11-4-3-5-12-18)21(32)31(2)25(26,30-23)34-22(33)24(27,28)29/h3-15,30H,1-2H3. The zero-order valence-electron chi connectivity index (χ0n) is 18.3. The Hall–Kier alpha value is -3.09. The minimum atomic E-state index is -5.22. The molecule has 1 N–H and O–H groups in total. The number of hydrogen-bond acceptors (Lipinski definition) is 4. The maximum atomic E-state index is 13.8. The van der Waals surface area contributed by atoms with Gasteiger partial charge in [-0.25, -0.2) is 0 Å². The van der Waals surface area contributed by atoms with E-state index in [9.17, 15) is 22.8 Å². The molecule has 1 aliphatic heterocycles. The molecule has 2 radical (unpaired) electrons. The Bertz CT molecular complexity index is 1250. The fraction of sp³-hybridized carbons (Fsp3) is 0.200. The van der Waals surface area contributed by atoms with Crippen LogP contribution in [0.25, 0.3) is 11.1 Å².